The summed E-state index contributed by atoms with van der Waals surface area (Å²) in [4.78, 5) is 5.80. The van der Waals surface area contributed by atoms with E-state index >= 15 is 0 Å². The molecular formula is C9H15NO6S3. The highest BCUT2D eigenvalue weighted by molar-refractivity contribution is 7.89. The third kappa shape index (κ3) is 7.57. The fraction of sp³-hybridized carbons (Fsp3) is 0.667. The van der Waals surface area contributed by atoms with E-state index in [1.54, 1.807) is 0 Å². The van der Waals surface area contributed by atoms with Gasteiger partial charge in [-0.1, -0.05) is 0 Å². The second kappa shape index (κ2) is 6.75. The van der Waals surface area contributed by atoms with Crippen molar-refractivity contribution in [2.45, 2.75) is 25.7 Å². The van der Waals surface area contributed by atoms with Gasteiger partial charge in [0, 0.05) is 4.88 Å². The van der Waals surface area contributed by atoms with Crippen LogP contribution < -0.4 is 0 Å². The molecule has 0 saturated carbocycles. The van der Waals surface area contributed by atoms with Crippen LogP contribution >= 0.6 is 11.3 Å². The third-order valence-corrected chi connectivity index (χ3v) is 5.03. The predicted molar refractivity (Wildman–Crippen MR) is 71.6 cm³/mol. The monoisotopic (exact) mass is 329 g/mol. The first-order valence-electron chi connectivity index (χ1n) is 5.49. The highest BCUT2D eigenvalue weighted by Gasteiger charge is 2.11. The van der Waals surface area contributed by atoms with Crippen LogP contribution in [0.25, 0.3) is 0 Å². The molecule has 0 bridgehead atoms. The maximum Gasteiger partial charge on any atom is 0.265 e. The number of aryl methyl sites for hydroxylation is 2. The zero-order chi connectivity index (χ0) is 14.5. The highest BCUT2D eigenvalue weighted by atomic mass is 32.2. The first-order chi connectivity index (χ1) is 8.67. The second-order valence-corrected chi connectivity index (χ2v) is 8.08. The Hall–Kier alpha value is -0.550. The fourth-order valence-electron chi connectivity index (χ4n) is 1.49. The summed E-state index contributed by atoms with van der Waals surface area (Å²) in [5, 5.41) is 0. The summed E-state index contributed by atoms with van der Waals surface area (Å²) in [5.41, 5.74) is 3.34. The number of fused-ring (bicyclic) bond motifs is 1. The van der Waals surface area contributed by atoms with Gasteiger partial charge in [-0.3, -0.25) is 9.11 Å². The van der Waals surface area contributed by atoms with Crippen molar-refractivity contribution in [2.24, 2.45) is 0 Å². The molecule has 1 aliphatic rings. The van der Waals surface area contributed by atoms with E-state index < -0.39 is 31.7 Å². The fourth-order valence-corrected chi connectivity index (χ4v) is 4.03. The van der Waals surface area contributed by atoms with Gasteiger partial charge < -0.3 is 0 Å². The average molecular weight is 329 g/mol. The van der Waals surface area contributed by atoms with Crippen LogP contribution in [-0.2, 0) is 33.1 Å². The van der Waals surface area contributed by atoms with Crippen molar-refractivity contribution in [3.63, 3.8) is 0 Å². The quantitative estimate of drug-likeness (QED) is 0.786. The Balaban J connectivity index is 0.000000190. The average Bonchev–Trinajstić information content (AvgIpc) is 2.73. The van der Waals surface area contributed by atoms with Crippen LogP contribution in [0.4, 0.5) is 0 Å². The van der Waals surface area contributed by atoms with E-state index in [4.69, 9.17) is 9.11 Å². The van der Waals surface area contributed by atoms with Gasteiger partial charge in [0.05, 0.1) is 22.7 Å². The summed E-state index contributed by atoms with van der Waals surface area (Å²) in [6, 6.07) is 0. The molecule has 0 unspecified atom stereocenters. The number of thiazole rings is 1. The summed E-state index contributed by atoms with van der Waals surface area (Å²) in [6.07, 6.45) is 5.21. The Morgan fingerprint density at radius 1 is 1.05 bits per heavy atom. The zero-order valence-electron chi connectivity index (χ0n) is 10.0. The van der Waals surface area contributed by atoms with Crippen molar-refractivity contribution in [1.82, 2.24) is 4.98 Å². The largest absolute Gasteiger partial charge is 0.286 e. The molecule has 2 N–H and O–H groups in total. The molecule has 1 aromatic rings. The van der Waals surface area contributed by atoms with E-state index in [0.29, 0.717) is 0 Å². The van der Waals surface area contributed by atoms with Crippen molar-refractivity contribution >= 4 is 31.6 Å². The van der Waals surface area contributed by atoms with Crippen molar-refractivity contribution in [3.05, 3.63) is 16.1 Å². The zero-order valence-corrected chi connectivity index (χ0v) is 12.5. The summed E-state index contributed by atoms with van der Waals surface area (Å²) in [7, 11) is -8.59. The van der Waals surface area contributed by atoms with E-state index in [-0.39, 0.29) is 0 Å². The van der Waals surface area contributed by atoms with Crippen LogP contribution in [0.2, 0.25) is 0 Å². The number of hydrogen-bond donors (Lipinski definition) is 2. The summed E-state index contributed by atoms with van der Waals surface area (Å²) in [5.74, 6) is -1.96. The molecule has 0 fully saturated rings. The van der Waals surface area contributed by atoms with Crippen molar-refractivity contribution in [3.8, 4) is 0 Å². The first kappa shape index (κ1) is 16.5. The van der Waals surface area contributed by atoms with Crippen molar-refractivity contribution in [2.75, 3.05) is 11.5 Å². The third-order valence-electron chi connectivity index (χ3n) is 2.39. The molecule has 1 heterocycles. The van der Waals surface area contributed by atoms with Gasteiger partial charge in [0.2, 0.25) is 0 Å². The number of rotatable bonds is 3. The van der Waals surface area contributed by atoms with E-state index in [1.807, 2.05) is 16.8 Å². The maximum atomic E-state index is 9.86. The van der Waals surface area contributed by atoms with Gasteiger partial charge in [-0.05, 0) is 25.7 Å². The lowest BCUT2D eigenvalue weighted by Crippen LogP contribution is -2.15. The van der Waals surface area contributed by atoms with Crippen LogP contribution in [-0.4, -0.2) is 42.4 Å². The van der Waals surface area contributed by atoms with Gasteiger partial charge in [0.25, 0.3) is 20.2 Å². The van der Waals surface area contributed by atoms with E-state index in [2.05, 4.69) is 4.98 Å². The molecule has 0 saturated heterocycles. The van der Waals surface area contributed by atoms with Gasteiger partial charge >= 0.3 is 0 Å². The van der Waals surface area contributed by atoms with Crippen molar-refractivity contribution < 1.29 is 25.9 Å². The topological polar surface area (TPSA) is 122 Å². The lowest BCUT2D eigenvalue weighted by molar-refractivity contribution is 0.472. The second-order valence-electron chi connectivity index (χ2n) is 4.00. The van der Waals surface area contributed by atoms with Gasteiger partial charge in [-0.25, -0.2) is 4.98 Å². The Morgan fingerprint density at radius 3 is 2.05 bits per heavy atom. The Kier molecular flexibility index (Phi) is 5.86. The standard InChI is InChI=1S/C7H9NS.C2H6O6S2/c1-2-4-7-6(3-1)8-5-9-7;3-9(4,5)1-2-10(6,7)8/h5H,1-4H2;1-2H2,(H,3,4,5)(H,6,7,8). The highest BCUT2D eigenvalue weighted by Crippen LogP contribution is 2.22. The molecule has 2 rings (SSSR count). The lowest BCUT2D eigenvalue weighted by atomic mass is 10.0. The molecule has 1 aromatic heterocycles. The van der Waals surface area contributed by atoms with Crippen LogP contribution in [0.3, 0.4) is 0 Å². The summed E-state index contributed by atoms with van der Waals surface area (Å²) < 4.78 is 55.4. The molecule has 110 valence electrons. The lowest BCUT2D eigenvalue weighted by Gasteiger charge is -2.06. The first-order valence-corrected chi connectivity index (χ1v) is 9.59. The van der Waals surface area contributed by atoms with Gasteiger partial charge in [0.1, 0.15) is 0 Å². The number of nitrogens with zero attached hydrogens (tertiary/aromatic N) is 1. The maximum absolute atomic E-state index is 9.86. The van der Waals surface area contributed by atoms with Crippen LogP contribution in [0.1, 0.15) is 23.4 Å². The van der Waals surface area contributed by atoms with E-state index in [0.717, 1.165) is 0 Å². The Morgan fingerprint density at radius 2 is 1.58 bits per heavy atom. The minimum Gasteiger partial charge on any atom is -0.286 e. The molecule has 0 spiro atoms. The molecule has 0 atom stereocenters. The smallest absolute Gasteiger partial charge is 0.265 e. The van der Waals surface area contributed by atoms with Crippen LogP contribution in [0, 0.1) is 0 Å². The summed E-state index contributed by atoms with van der Waals surface area (Å²) >= 11 is 1.81. The molecule has 0 aromatic carbocycles. The molecule has 19 heavy (non-hydrogen) atoms. The summed E-state index contributed by atoms with van der Waals surface area (Å²) in [6.45, 7) is 0. The van der Waals surface area contributed by atoms with Crippen molar-refractivity contribution in [1.29, 1.82) is 0 Å². The molecule has 1 aliphatic carbocycles. The molecule has 10 heteroatoms. The minimum absolute atomic E-state index is 0.980. The van der Waals surface area contributed by atoms with E-state index in [9.17, 15) is 16.8 Å². The Bertz CT molecular complexity index is 551. The molecular weight excluding hydrogens is 314 g/mol. The molecule has 0 radical (unpaired) electrons. The Labute approximate surface area is 116 Å². The van der Waals surface area contributed by atoms with E-state index in [1.165, 1.54) is 36.3 Å². The molecule has 0 aliphatic heterocycles. The minimum atomic E-state index is -4.30. The normalized spacial score (nSPS) is 15.3. The van der Waals surface area contributed by atoms with Crippen LogP contribution in [0.5, 0.6) is 0 Å². The van der Waals surface area contributed by atoms with Gasteiger partial charge in [-0.15, -0.1) is 11.3 Å². The predicted octanol–water partition coefficient (Wildman–Crippen LogP) is 0.784. The van der Waals surface area contributed by atoms with Gasteiger partial charge in [0.15, 0.2) is 0 Å². The number of hydrogen-bond acceptors (Lipinski definition) is 6. The van der Waals surface area contributed by atoms with Crippen LogP contribution in [0.15, 0.2) is 5.51 Å². The SMILES string of the molecule is O=S(=O)(O)CCS(=O)(=O)O.c1nc2c(s1)CCCC2. The van der Waals surface area contributed by atoms with Gasteiger partial charge in [-0.2, -0.15) is 16.8 Å². The molecule has 0 amide bonds. The number of aromatic nitrogens is 1. The molecule has 7 nitrogen and oxygen atoms in total.